The summed E-state index contributed by atoms with van der Waals surface area (Å²) >= 11 is 5.51. The first-order valence-electron chi connectivity index (χ1n) is 11.4. The van der Waals surface area contributed by atoms with Crippen LogP contribution in [0.5, 0.6) is 5.75 Å². The number of thioether (sulfide) groups is 1. The van der Waals surface area contributed by atoms with Gasteiger partial charge in [-0.2, -0.15) is 0 Å². The van der Waals surface area contributed by atoms with Gasteiger partial charge < -0.3 is 14.0 Å². The van der Waals surface area contributed by atoms with E-state index in [1.54, 1.807) is 11.8 Å². The SMILES string of the molecule is CCOCC(=O)c1c(CSc2ccccc2)n(C(C)CC)c2cc(Br)c3c(c12)CN(C)CO3. The molecule has 0 saturated carbocycles. The first-order valence-corrected chi connectivity index (χ1v) is 13.2. The Kier molecular flexibility index (Phi) is 7.84. The van der Waals surface area contributed by atoms with Crippen molar-refractivity contribution in [2.75, 3.05) is 27.0 Å². The average Bonchev–Trinajstić information content (AvgIpc) is 3.15. The van der Waals surface area contributed by atoms with E-state index >= 15 is 0 Å². The molecule has 33 heavy (non-hydrogen) atoms. The van der Waals surface area contributed by atoms with Crippen LogP contribution in [0.3, 0.4) is 0 Å². The first kappa shape index (κ1) is 24.3. The van der Waals surface area contributed by atoms with Crippen LogP contribution in [0.1, 0.15) is 54.8 Å². The number of fused-ring (bicyclic) bond motifs is 3. The van der Waals surface area contributed by atoms with E-state index < -0.39 is 0 Å². The van der Waals surface area contributed by atoms with E-state index in [1.165, 1.54) is 4.90 Å². The van der Waals surface area contributed by atoms with Crippen molar-refractivity contribution in [3.63, 3.8) is 0 Å². The van der Waals surface area contributed by atoms with Crippen LogP contribution >= 0.6 is 27.7 Å². The standard InChI is InChI=1S/C26H31BrN2O3S/c1-5-17(3)29-21-12-20(27)26-19(13-28(4)16-32-26)24(21)25(23(30)14-31-6-2)22(29)15-33-18-10-8-7-9-11-18/h7-12,17H,5-6,13-16H2,1-4H3. The lowest BCUT2D eigenvalue weighted by Gasteiger charge is -2.27. The van der Waals surface area contributed by atoms with Crippen LogP contribution in [-0.2, 0) is 17.0 Å². The molecule has 5 nitrogen and oxygen atoms in total. The summed E-state index contributed by atoms with van der Waals surface area (Å²) in [6.07, 6.45) is 0.969. The molecule has 2 heterocycles. The maximum atomic E-state index is 13.6. The Labute approximate surface area is 208 Å². The highest BCUT2D eigenvalue weighted by Crippen LogP contribution is 2.44. The number of Topliss-reactive ketones (excluding diaryl/α,β-unsaturated/α-hetero) is 1. The minimum Gasteiger partial charge on any atom is -0.477 e. The van der Waals surface area contributed by atoms with Crippen molar-refractivity contribution in [2.24, 2.45) is 0 Å². The topological polar surface area (TPSA) is 43.7 Å². The van der Waals surface area contributed by atoms with Gasteiger partial charge in [0.25, 0.3) is 0 Å². The van der Waals surface area contributed by atoms with Gasteiger partial charge in [0.1, 0.15) is 19.1 Å². The molecule has 0 bridgehead atoms. The Morgan fingerprint density at radius 3 is 2.73 bits per heavy atom. The second kappa shape index (κ2) is 10.6. The molecule has 1 aromatic heterocycles. The van der Waals surface area contributed by atoms with Crippen molar-refractivity contribution < 1.29 is 14.3 Å². The van der Waals surface area contributed by atoms with Crippen molar-refractivity contribution in [2.45, 2.75) is 50.4 Å². The third-order valence-corrected chi connectivity index (χ3v) is 7.74. The number of rotatable bonds is 9. The quantitative estimate of drug-likeness (QED) is 0.228. The van der Waals surface area contributed by atoms with Gasteiger partial charge in [-0.25, -0.2) is 0 Å². The van der Waals surface area contributed by atoms with Gasteiger partial charge in [0, 0.05) is 46.5 Å². The third-order valence-electron chi connectivity index (χ3n) is 6.13. The Morgan fingerprint density at radius 2 is 2.03 bits per heavy atom. The van der Waals surface area contributed by atoms with Crippen LogP contribution in [0.2, 0.25) is 0 Å². The van der Waals surface area contributed by atoms with Crippen molar-refractivity contribution >= 4 is 44.4 Å². The van der Waals surface area contributed by atoms with Crippen LogP contribution in [0.4, 0.5) is 0 Å². The molecule has 1 aliphatic heterocycles. The summed E-state index contributed by atoms with van der Waals surface area (Å²) in [5.74, 6) is 1.58. The van der Waals surface area contributed by atoms with E-state index in [9.17, 15) is 4.79 Å². The molecule has 176 valence electrons. The number of nitrogens with zero attached hydrogens (tertiary/aromatic N) is 2. The zero-order valence-electron chi connectivity index (χ0n) is 19.7. The van der Waals surface area contributed by atoms with Crippen molar-refractivity contribution in [3.8, 4) is 5.75 Å². The highest BCUT2D eigenvalue weighted by molar-refractivity contribution is 9.10. The Morgan fingerprint density at radius 1 is 1.27 bits per heavy atom. The monoisotopic (exact) mass is 530 g/mol. The smallest absolute Gasteiger partial charge is 0.190 e. The van der Waals surface area contributed by atoms with E-state index in [2.05, 4.69) is 57.4 Å². The largest absolute Gasteiger partial charge is 0.477 e. The molecular formula is C26H31BrN2O3S. The normalized spacial score (nSPS) is 14.8. The van der Waals surface area contributed by atoms with Gasteiger partial charge in [0.2, 0.25) is 0 Å². The molecule has 3 aromatic rings. The lowest BCUT2D eigenvalue weighted by Crippen LogP contribution is -2.28. The Balaban J connectivity index is 1.97. The fourth-order valence-corrected chi connectivity index (χ4v) is 5.92. The fourth-order valence-electron chi connectivity index (χ4n) is 4.41. The second-order valence-electron chi connectivity index (χ2n) is 8.46. The molecule has 7 heteroatoms. The maximum absolute atomic E-state index is 13.6. The molecule has 4 rings (SSSR count). The van der Waals surface area contributed by atoms with Gasteiger partial charge in [0.15, 0.2) is 5.78 Å². The van der Waals surface area contributed by atoms with Crippen molar-refractivity contribution in [1.29, 1.82) is 0 Å². The van der Waals surface area contributed by atoms with Gasteiger partial charge in [-0.1, -0.05) is 25.1 Å². The molecule has 2 aromatic carbocycles. The third kappa shape index (κ3) is 4.87. The predicted molar refractivity (Wildman–Crippen MR) is 138 cm³/mol. The van der Waals surface area contributed by atoms with Gasteiger partial charge in [-0.15, -0.1) is 11.8 Å². The Hall–Kier alpha value is -1.80. The number of hydrogen-bond donors (Lipinski definition) is 0. The van der Waals surface area contributed by atoms with Crippen molar-refractivity contribution in [1.82, 2.24) is 9.47 Å². The maximum Gasteiger partial charge on any atom is 0.190 e. The summed E-state index contributed by atoms with van der Waals surface area (Å²) in [4.78, 5) is 16.9. The Bertz CT molecular complexity index is 1150. The number of ether oxygens (including phenoxy) is 2. The zero-order valence-corrected chi connectivity index (χ0v) is 22.1. The molecule has 0 N–H and O–H groups in total. The van der Waals surface area contributed by atoms with Crippen molar-refractivity contribution in [3.05, 3.63) is 57.7 Å². The van der Waals surface area contributed by atoms with E-state index in [4.69, 9.17) is 9.47 Å². The molecule has 1 aliphatic rings. The number of hydrogen-bond acceptors (Lipinski definition) is 5. The summed E-state index contributed by atoms with van der Waals surface area (Å²) in [7, 11) is 2.04. The number of carbonyl (C=O) groups excluding carboxylic acids is 1. The number of aromatic nitrogens is 1. The summed E-state index contributed by atoms with van der Waals surface area (Å²) in [5.41, 5.74) is 4.00. The number of halogens is 1. The van der Waals surface area contributed by atoms with Gasteiger partial charge in [0.05, 0.1) is 15.6 Å². The highest BCUT2D eigenvalue weighted by Gasteiger charge is 2.31. The van der Waals surface area contributed by atoms with Crippen LogP contribution in [-0.4, -0.2) is 42.2 Å². The minimum atomic E-state index is 0.0327. The number of benzene rings is 2. The average molecular weight is 532 g/mol. The molecular weight excluding hydrogens is 500 g/mol. The summed E-state index contributed by atoms with van der Waals surface area (Å²) in [6, 6.07) is 12.7. The summed E-state index contributed by atoms with van der Waals surface area (Å²) in [6.45, 7) is 8.20. The highest BCUT2D eigenvalue weighted by atomic mass is 79.9. The summed E-state index contributed by atoms with van der Waals surface area (Å²) in [5, 5.41) is 1.01. The van der Waals surface area contributed by atoms with E-state index in [0.29, 0.717) is 19.1 Å². The zero-order chi connectivity index (χ0) is 23.5. The molecule has 0 saturated heterocycles. The molecule has 1 atom stereocenters. The molecule has 0 spiro atoms. The second-order valence-corrected chi connectivity index (χ2v) is 10.4. The van der Waals surface area contributed by atoms with Crippen LogP contribution in [0.15, 0.2) is 45.8 Å². The summed E-state index contributed by atoms with van der Waals surface area (Å²) < 4.78 is 15.0. The predicted octanol–water partition coefficient (Wildman–Crippen LogP) is 6.67. The van der Waals surface area contributed by atoms with E-state index in [-0.39, 0.29) is 18.4 Å². The van der Waals surface area contributed by atoms with Crippen LogP contribution < -0.4 is 4.74 Å². The number of ketones is 1. The first-order chi connectivity index (χ1) is 16.0. The van der Waals surface area contributed by atoms with Crippen LogP contribution in [0.25, 0.3) is 10.9 Å². The lowest BCUT2D eigenvalue weighted by molar-refractivity contribution is 0.0783. The van der Waals surface area contributed by atoms with E-state index in [1.807, 2.05) is 32.2 Å². The molecule has 0 aliphatic carbocycles. The van der Waals surface area contributed by atoms with Crippen LogP contribution in [0, 0.1) is 0 Å². The molecule has 0 fully saturated rings. The van der Waals surface area contributed by atoms with Gasteiger partial charge in [-0.3, -0.25) is 9.69 Å². The van der Waals surface area contributed by atoms with Gasteiger partial charge >= 0.3 is 0 Å². The molecule has 0 amide bonds. The number of carbonyl (C=O) groups is 1. The minimum absolute atomic E-state index is 0.0327. The molecule has 0 radical (unpaired) electrons. The van der Waals surface area contributed by atoms with Gasteiger partial charge in [-0.05, 0) is 61.4 Å². The fraction of sp³-hybridized carbons (Fsp3) is 0.423. The van der Waals surface area contributed by atoms with E-state index in [0.717, 1.165) is 50.9 Å². The lowest BCUT2D eigenvalue weighted by atomic mass is 10.00. The molecule has 1 unspecified atom stereocenters.